The Hall–Kier alpha value is -2.84. The molecule has 0 aliphatic rings. The minimum absolute atomic E-state index is 0.0241. The summed E-state index contributed by atoms with van der Waals surface area (Å²) in [5.41, 5.74) is 1.54. The Labute approximate surface area is 196 Å². The van der Waals surface area contributed by atoms with E-state index in [0.29, 0.717) is 44.0 Å². The van der Waals surface area contributed by atoms with E-state index in [9.17, 15) is 9.59 Å². The molecule has 2 heterocycles. The highest BCUT2D eigenvalue weighted by Crippen LogP contribution is 2.15. The van der Waals surface area contributed by atoms with E-state index in [1.165, 1.54) is 0 Å². The van der Waals surface area contributed by atoms with Crippen molar-refractivity contribution in [2.45, 2.75) is 19.5 Å². The molecule has 32 heavy (non-hydrogen) atoms. The number of carbonyl (C=O) groups excluding carboxylic acids is 2. The molecule has 8 heteroatoms. The van der Waals surface area contributed by atoms with Gasteiger partial charge in [-0.2, -0.15) is 0 Å². The predicted octanol–water partition coefficient (Wildman–Crippen LogP) is 4.09. The predicted molar refractivity (Wildman–Crippen MR) is 125 cm³/mol. The van der Waals surface area contributed by atoms with Crippen LogP contribution in [0.5, 0.6) is 0 Å². The lowest BCUT2D eigenvalue weighted by atomic mass is 10.2. The fourth-order valence-corrected chi connectivity index (χ4v) is 3.63. The fourth-order valence-electron chi connectivity index (χ4n) is 3.37. The largest absolute Gasteiger partial charge is 0.467 e. The number of aromatic nitrogens is 1. The van der Waals surface area contributed by atoms with Gasteiger partial charge < -0.3 is 23.5 Å². The quantitative estimate of drug-likeness (QED) is 0.371. The second-order valence-electron chi connectivity index (χ2n) is 7.52. The molecule has 3 rings (SSSR count). The van der Waals surface area contributed by atoms with E-state index in [0.717, 1.165) is 10.2 Å². The number of hydrogen-bond acceptors (Lipinski definition) is 4. The molecule has 0 aliphatic heterocycles. The molecule has 2 aromatic heterocycles. The molecular weight excluding hydrogens is 474 g/mol. The summed E-state index contributed by atoms with van der Waals surface area (Å²) in [6.07, 6.45) is 4.18. The molecule has 170 valence electrons. The van der Waals surface area contributed by atoms with Gasteiger partial charge in [-0.15, -0.1) is 0 Å². The summed E-state index contributed by atoms with van der Waals surface area (Å²) in [6, 6.07) is 14.7. The fraction of sp³-hybridized carbons (Fsp3) is 0.333. The van der Waals surface area contributed by atoms with Crippen molar-refractivity contribution in [2.24, 2.45) is 7.05 Å². The number of hydrogen-bond donors (Lipinski definition) is 0. The lowest BCUT2D eigenvalue weighted by Crippen LogP contribution is -2.43. The molecule has 3 aromatic rings. The third-order valence-corrected chi connectivity index (χ3v) is 5.69. The first-order chi connectivity index (χ1) is 15.5. The Morgan fingerprint density at radius 1 is 1.06 bits per heavy atom. The number of halogens is 1. The Bertz CT molecular complexity index is 999. The van der Waals surface area contributed by atoms with Crippen molar-refractivity contribution in [3.63, 3.8) is 0 Å². The highest BCUT2D eigenvalue weighted by molar-refractivity contribution is 9.10. The van der Waals surface area contributed by atoms with Crippen LogP contribution in [0.4, 0.5) is 0 Å². The smallest absolute Gasteiger partial charge is 0.254 e. The lowest BCUT2D eigenvalue weighted by molar-refractivity contribution is -0.133. The molecule has 0 unspecified atom stereocenters. The van der Waals surface area contributed by atoms with Crippen LogP contribution >= 0.6 is 15.9 Å². The number of amides is 2. The van der Waals surface area contributed by atoms with Crippen LogP contribution in [0.25, 0.3) is 0 Å². The Morgan fingerprint density at radius 2 is 1.84 bits per heavy atom. The van der Waals surface area contributed by atoms with Crippen LogP contribution in [0, 0.1) is 0 Å². The highest BCUT2D eigenvalue weighted by Gasteiger charge is 2.23. The van der Waals surface area contributed by atoms with E-state index in [-0.39, 0.29) is 18.4 Å². The van der Waals surface area contributed by atoms with Crippen molar-refractivity contribution in [3.8, 4) is 0 Å². The second kappa shape index (κ2) is 11.7. The summed E-state index contributed by atoms with van der Waals surface area (Å²) in [5, 5.41) is 0. The third kappa shape index (κ3) is 6.58. The maximum Gasteiger partial charge on any atom is 0.254 e. The van der Waals surface area contributed by atoms with Gasteiger partial charge in [-0.05, 0) is 55.0 Å². The van der Waals surface area contributed by atoms with Gasteiger partial charge >= 0.3 is 0 Å². The Kier molecular flexibility index (Phi) is 8.70. The minimum atomic E-state index is -0.182. The number of aryl methyl sites for hydroxylation is 1. The summed E-state index contributed by atoms with van der Waals surface area (Å²) in [5.74, 6) is 0.363. The average molecular weight is 502 g/mol. The van der Waals surface area contributed by atoms with E-state index >= 15 is 0 Å². The number of nitrogens with zero attached hydrogens (tertiary/aromatic N) is 3. The maximum atomic E-state index is 13.4. The molecule has 2 amide bonds. The zero-order valence-electron chi connectivity index (χ0n) is 18.4. The van der Waals surface area contributed by atoms with E-state index < -0.39 is 0 Å². The Balaban J connectivity index is 1.78. The van der Waals surface area contributed by atoms with Gasteiger partial charge in [0.15, 0.2) is 0 Å². The van der Waals surface area contributed by atoms with Gasteiger partial charge in [0.05, 0.1) is 19.4 Å². The van der Waals surface area contributed by atoms with Crippen molar-refractivity contribution in [3.05, 3.63) is 82.5 Å². The summed E-state index contributed by atoms with van der Waals surface area (Å²) in [4.78, 5) is 29.9. The van der Waals surface area contributed by atoms with Gasteiger partial charge in [-0.25, -0.2) is 0 Å². The monoisotopic (exact) mass is 501 g/mol. The van der Waals surface area contributed by atoms with Gasteiger partial charge in [-0.1, -0.05) is 15.9 Å². The molecule has 0 aliphatic carbocycles. The second-order valence-corrected chi connectivity index (χ2v) is 8.44. The molecule has 0 spiro atoms. The number of benzene rings is 1. The normalized spacial score (nSPS) is 10.8. The molecule has 0 atom stereocenters. The van der Waals surface area contributed by atoms with Crippen LogP contribution < -0.4 is 0 Å². The van der Waals surface area contributed by atoms with Crippen LogP contribution in [-0.2, 0) is 29.7 Å². The lowest BCUT2D eigenvalue weighted by Gasteiger charge is -2.27. The third-order valence-electron chi connectivity index (χ3n) is 5.16. The first kappa shape index (κ1) is 23.8. The van der Waals surface area contributed by atoms with E-state index in [4.69, 9.17) is 9.15 Å². The zero-order chi connectivity index (χ0) is 22.9. The standard InChI is InChI=1S/C24H28BrN3O4/c1-26-12-3-6-21(26)16-28(17-22-7-4-15-32-22)23(29)18-27(13-5-14-31-2)24(30)19-8-10-20(25)11-9-19/h3-4,6-12,15H,5,13-14,16-18H2,1-2H3. The summed E-state index contributed by atoms with van der Waals surface area (Å²) in [6.45, 7) is 1.66. The topological polar surface area (TPSA) is 67.9 Å². The van der Waals surface area contributed by atoms with Crippen molar-refractivity contribution in [1.29, 1.82) is 0 Å². The molecule has 0 fully saturated rings. The first-order valence-corrected chi connectivity index (χ1v) is 11.2. The number of furan rings is 1. The first-order valence-electron chi connectivity index (χ1n) is 10.4. The van der Waals surface area contributed by atoms with E-state index in [1.54, 1.807) is 41.4 Å². The summed E-state index contributed by atoms with van der Waals surface area (Å²) < 4.78 is 13.5. The maximum absolute atomic E-state index is 13.4. The van der Waals surface area contributed by atoms with Gasteiger partial charge in [0.2, 0.25) is 5.91 Å². The van der Waals surface area contributed by atoms with Gasteiger partial charge in [0.1, 0.15) is 12.3 Å². The molecule has 0 bridgehead atoms. The SMILES string of the molecule is COCCCN(CC(=O)N(Cc1ccco1)Cc1cccn1C)C(=O)c1ccc(Br)cc1. The average Bonchev–Trinajstić information content (AvgIpc) is 3.44. The Morgan fingerprint density at radius 3 is 2.47 bits per heavy atom. The van der Waals surface area contributed by atoms with Gasteiger partial charge in [0.25, 0.3) is 5.91 Å². The van der Waals surface area contributed by atoms with Crippen LogP contribution in [0.15, 0.2) is 69.9 Å². The minimum Gasteiger partial charge on any atom is -0.467 e. The molecule has 0 radical (unpaired) electrons. The summed E-state index contributed by atoms with van der Waals surface area (Å²) >= 11 is 3.39. The van der Waals surface area contributed by atoms with Crippen LogP contribution in [0.3, 0.4) is 0 Å². The number of methoxy groups -OCH3 is 1. The van der Waals surface area contributed by atoms with Gasteiger partial charge in [-0.3, -0.25) is 9.59 Å². The van der Waals surface area contributed by atoms with Crippen LogP contribution in [0.2, 0.25) is 0 Å². The number of carbonyl (C=O) groups is 2. The van der Waals surface area contributed by atoms with Crippen molar-refractivity contribution in [1.82, 2.24) is 14.4 Å². The molecule has 0 saturated heterocycles. The molecule has 0 saturated carbocycles. The van der Waals surface area contributed by atoms with Crippen molar-refractivity contribution < 1.29 is 18.7 Å². The molecular formula is C24H28BrN3O4. The van der Waals surface area contributed by atoms with Crippen molar-refractivity contribution in [2.75, 3.05) is 26.8 Å². The zero-order valence-corrected chi connectivity index (χ0v) is 20.0. The molecule has 1 aromatic carbocycles. The number of ether oxygens (including phenoxy) is 1. The van der Waals surface area contributed by atoms with Crippen molar-refractivity contribution >= 4 is 27.7 Å². The van der Waals surface area contributed by atoms with Crippen LogP contribution in [0.1, 0.15) is 28.2 Å². The highest BCUT2D eigenvalue weighted by atomic mass is 79.9. The van der Waals surface area contributed by atoms with Crippen LogP contribution in [-0.4, -0.2) is 53.0 Å². The number of rotatable bonds is 11. The van der Waals surface area contributed by atoms with E-state index in [2.05, 4.69) is 15.9 Å². The molecule has 0 N–H and O–H groups in total. The summed E-state index contributed by atoms with van der Waals surface area (Å²) in [7, 11) is 3.57. The van der Waals surface area contributed by atoms with E-state index in [1.807, 2.05) is 48.1 Å². The molecule has 7 nitrogen and oxygen atoms in total. The van der Waals surface area contributed by atoms with Gasteiger partial charge in [0, 0.05) is 49.2 Å².